The summed E-state index contributed by atoms with van der Waals surface area (Å²) in [6, 6.07) is 4.44. The molecule has 24 heavy (non-hydrogen) atoms. The number of aryl methyl sites for hydroxylation is 4. The molecule has 0 unspecified atom stereocenters. The van der Waals surface area contributed by atoms with Gasteiger partial charge in [0.2, 0.25) is 0 Å². The smallest absolute Gasteiger partial charge is 0.0935 e. The Bertz CT molecular complexity index is 881. The first-order chi connectivity index (χ1) is 11.7. The van der Waals surface area contributed by atoms with Gasteiger partial charge in [0.05, 0.1) is 29.7 Å². The Morgan fingerprint density at radius 3 is 1.96 bits per heavy atom. The van der Waals surface area contributed by atoms with Crippen LogP contribution < -0.4 is 0 Å². The maximum Gasteiger partial charge on any atom is 0.0935 e. The van der Waals surface area contributed by atoms with E-state index >= 15 is 0 Å². The molecule has 0 amide bonds. The third-order valence-corrected chi connectivity index (χ3v) is 7.95. The van der Waals surface area contributed by atoms with Gasteiger partial charge in [-0.3, -0.25) is 0 Å². The summed E-state index contributed by atoms with van der Waals surface area (Å²) in [5, 5.41) is 3.41. The van der Waals surface area contributed by atoms with E-state index in [4.69, 9.17) is 0 Å². The zero-order valence-electron chi connectivity index (χ0n) is 13.3. The Kier molecular flexibility index (Phi) is 4.58. The summed E-state index contributed by atoms with van der Waals surface area (Å²) < 4.78 is 0. The van der Waals surface area contributed by atoms with Crippen molar-refractivity contribution in [3.8, 4) is 19.5 Å². The maximum absolute atomic E-state index is 4.58. The molecule has 7 heteroatoms. The van der Waals surface area contributed by atoms with E-state index in [0.717, 1.165) is 22.9 Å². The largest absolute Gasteiger partial charge is 0.249 e. The molecular weight excluding hydrogens is 374 g/mol. The van der Waals surface area contributed by atoms with E-state index in [1.165, 1.54) is 29.4 Å². The normalized spacial score (nSPS) is 11.2. The van der Waals surface area contributed by atoms with E-state index in [1.807, 2.05) is 43.8 Å². The lowest BCUT2D eigenvalue weighted by Gasteiger charge is -1.94. The SMILES string of the molecule is Cc1ncc(-c2ccc(CCc3ncc(-c4cnc(C)s4)s3)s2)s1. The highest BCUT2D eigenvalue weighted by Gasteiger charge is 2.09. The predicted octanol–water partition coefficient (Wildman–Crippen LogP) is 5.85. The summed E-state index contributed by atoms with van der Waals surface area (Å²) in [6.45, 7) is 4.09. The zero-order chi connectivity index (χ0) is 16.5. The quantitative estimate of drug-likeness (QED) is 0.429. The highest BCUT2D eigenvalue weighted by molar-refractivity contribution is 7.22. The van der Waals surface area contributed by atoms with Crippen molar-refractivity contribution in [2.75, 3.05) is 0 Å². The summed E-state index contributed by atoms with van der Waals surface area (Å²) in [7, 11) is 0. The van der Waals surface area contributed by atoms with Crippen molar-refractivity contribution < 1.29 is 0 Å². The third kappa shape index (κ3) is 3.49. The lowest BCUT2D eigenvalue weighted by molar-refractivity contribution is 0.962. The highest BCUT2D eigenvalue weighted by Crippen LogP contribution is 2.34. The van der Waals surface area contributed by atoms with Gasteiger partial charge in [0.15, 0.2) is 0 Å². The van der Waals surface area contributed by atoms with E-state index in [2.05, 4.69) is 27.1 Å². The summed E-state index contributed by atoms with van der Waals surface area (Å²) in [5.74, 6) is 0. The fraction of sp³-hybridized carbons (Fsp3) is 0.235. The van der Waals surface area contributed by atoms with E-state index in [9.17, 15) is 0 Å². The first-order valence-electron chi connectivity index (χ1n) is 7.56. The zero-order valence-corrected chi connectivity index (χ0v) is 16.5. The molecule has 0 fully saturated rings. The molecule has 0 bridgehead atoms. The molecule has 0 aliphatic rings. The van der Waals surface area contributed by atoms with E-state index in [-0.39, 0.29) is 0 Å². The minimum absolute atomic E-state index is 0.990. The van der Waals surface area contributed by atoms with Crippen LogP contribution in [0.3, 0.4) is 0 Å². The standard InChI is InChI=1S/C17H15N3S4/c1-10-18-7-14(21-10)13-5-3-12(23-13)4-6-17-20-9-16(24-17)15-8-19-11(2)22-15/h3,5,7-9H,4,6H2,1-2H3. The van der Waals surface area contributed by atoms with Gasteiger partial charge in [-0.1, -0.05) is 0 Å². The molecule has 4 aromatic rings. The number of rotatable bonds is 5. The third-order valence-electron chi connectivity index (χ3n) is 3.53. The van der Waals surface area contributed by atoms with Crippen molar-refractivity contribution >= 4 is 45.3 Å². The molecule has 0 saturated carbocycles. The highest BCUT2D eigenvalue weighted by atomic mass is 32.1. The number of hydrogen-bond acceptors (Lipinski definition) is 7. The van der Waals surface area contributed by atoms with Crippen LogP contribution in [0, 0.1) is 13.8 Å². The first kappa shape index (κ1) is 16.1. The molecule has 0 aliphatic carbocycles. The predicted molar refractivity (Wildman–Crippen MR) is 106 cm³/mol. The van der Waals surface area contributed by atoms with Crippen LogP contribution in [0.1, 0.15) is 19.9 Å². The minimum atomic E-state index is 0.990. The average molecular weight is 390 g/mol. The van der Waals surface area contributed by atoms with E-state index < -0.39 is 0 Å². The maximum atomic E-state index is 4.58. The summed E-state index contributed by atoms with van der Waals surface area (Å²) >= 11 is 7.13. The van der Waals surface area contributed by atoms with Crippen LogP contribution in [0.25, 0.3) is 19.5 Å². The number of nitrogens with zero attached hydrogens (tertiary/aromatic N) is 3. The van der Waals surface area contributed by atoms with Crippen molar-refractivity contribution in [1.82, 2.24) is 15.0 Å². The van der Waals surface area contributed by atoms with Crippen LogP contribution in [0.4, 0.5) is 0 Å². The van der Waals surface area contributed by atoms with Crippen molar-refractivity contribution in [3.63, 3.8) is 0 Å². The van der Waals surface area contributed by atoms with Gasteiger partial charge in [0, 0.05) is 34.8 Å². The molecule has 3 nitrogen and oxygen atoms in total. The van der Waals surface area contributed by atoms with Crippen molar-refractivity contribution in [3.05, 3.63) is 50.6 Å². The molecule has 4 aromatic heterocycles. The van der Waals surface area contributed by atoms with Gasteiger partial charge < -0.3 is 0 Å². The molecule has 0 saturated heterocycles. The Labute approximate surface area is 156 Å². The Hall–Kier alpha value is -1.41. The van der Waals surface area contributed by atoms with Gasteiger partial charge in [-0.05, 0) is 32.4 Å². The second-order valence-electron chi connectivity index (χ2n) is 5.37. The Morgan fingerprint density at radius 2 is 1.29 bits per heavy atom. The Balaban J connectivity index is 1.42. The molecule has 0 aromatic carbocycles. The number of hydrogen-bond donors (Lipinski definition) is 0. The van der Waals surface area contributed by atoms with Crippen LogP contribution in [-0.2, 0) is 12.8 Å². The van der Waals surface area contributed by atoms with Crippen molar-refractivity contribution in [2.45, 2.75) is 26.7 Å². The Morgan fingerprint density at radius 1 is 0.667 bits per heavy atom. The number of thiazole rings is 3. The topological polar surface area (TPSA) is 38.7 Å². The minimum Gasteiger partial charge on any atom is -0.249 e. The van der Waals surface area contributed by atoms with Crippen molar-refractivity contribution in [1.29, 1.82) is 0 Å². The van der Waals surface area contributed by atoms with Gasteiger partial charge in [-0.15, -0.1) is 45.3 Å². The molecule has 4 rings (SSSR count). The summed E-state index contributed by atoms with van der Waals surface area (Å²) in [6.07, 6.45) is 7.92. The second kappa shape index (κ2) is 6.84. The molecule has 0 atom stereocenters. The summed E-state index contributed by atoms with van der Waals surface area (Å²) in [5.41, 5.74) is 0. The van der Waals surface area contributed by atoms with Gasteiger partial charge in [0.1, 0.15) is 0 Å². The van der Waals surface area contributed by atoms with Crippen LogP contribution in [0.15, 0.2) is 30.7 Å². The lowest BCUT2D eigenvalue weighted by atomic mass is 10.3. The molecular formula is C17H15N3S4. The average Bonchev–Trinajstić information content (AvgIpc) is 3.32. The number of aromatic nitrogens is 3. The van der Waals surface area contributed by atoms with Crippen molar-refractivity contribution in [2.24, 2.45) is 0 Å². The van der Waals surface area contributed by atoms with Crippen LogP contribution in [0.2, 0.25) is 0 Å². The fourth-order valence-electron chi connectivity index (χ4n) is 2.37. The molecule has 4 heterocycles. The van der Waals surface area contributed by atoms with Crippen LogP contribution in [0.5, 0.6) is 0 Å². The van der Waals surface area contributed by atoms with Crippen LogP contribution >= 0.6 is 45.3 Å². The van der Waals surface area contributed by atoms with Gasteiger partial charge in [-0.2, -0.15) is 0 Å². The van der Waals surface area contributed by atoms with E-state index in [1.54, 1.807) is 34.0 Å². The van der Waals surface area contributed by atoms with Gasteiger partial charge >= 0.3 is 0 Å². The van der Waals surface area contributed by atoms with Gasteiger partial charge in [0.25, 0.3) is 0 Å². The first-order valence-corrected chi connectivity index (χ1v) is 10.8. The fourth-order valence-corrected chi connectivity index (χ4v) is 5.98. The molecule has 0 N–H and O–H groups in total. The lowest BCUT2D eigenvalue weighted by Crippen LogP contribution is -1.86. The van der Waals surface area contributed by atoms with Crippen LogP contribution in [-0.4, -0.2) is 15.0 Å². The molecule has 0 radical (unpaired) electrons. The molecule has 0 aliphatic heterocycles. The monoisotopic (exact) mass is 389 g/mol. The van der Waals surface area contributed by atoms with E-state index in [0.29, 0.717) is 0 Å². The number of thiophene rings is 1. The summed E-state index contributed by atoms with van der Waals surface area (Å²) in [4.78, 5) is 19.7. The molecule has 0 spiro atoms. The second-order valence-corrected chi connectivity index (χ2v) is 10.1. The molecule has 122 valence electrons. The van der Waals surface area contributed by atoms with Gasteiger partial charge in [-0.25, -0.2) is 15.0 Å².